The van der Waals surface area contributed by atoms with Gasteiger partial charge in [0.05, 0.1) is 18.4 Å². The predicted molar refractivity (Wildman–Crippen MR) is 94.3 cm³/mol. The van der Waals surface area contributed by atoms with Crippen molar-refractivity contribution in [3.63, 3.8) is 0 Å². The SMILES string of the molecule is COc1ccc(C(=O)c2[nH]cc(C(=O)O)c2-c2c(F)ccc(F)c2C)cc1. The van der Waals surface area contributed by atoms with Gasteiger partial charge in [0.15, 0.2) is 0 Å². The minimum atomic E-state index is -1.36. The molecule has 7 heteroatoms. The number of carboxylic acids is 1. The second-order valence-electron chi connectivity index (χ2n) is 5.84. The van der Waals surface area contributed by atoms with Crippen LogP contribution in [0.5, 0.6) is 5.75 Å². The molecule has 1 heterocycles. The lowest BCUT2D eigenvalue weighted by Gasteiger charge is -2.11. The van der Waals surface area contributed by atoms with E-state index in [1.54, 1.807) is 12.1 Å². The molecule has 138 valence electrons. The van der Waals surface area contributed by atoms with E-state index in [2.05, 4.69) is 4.98 Å². The molecule has 0 fully saturated rings. The van der Waals surface area contributed by atoms with E-state index in [0.29, 0.717) is 5.75 Å². The summed E-state index contributed by atoms with van der Waals surface area (Å²) in [6.07, 6.45) is 1.10. The second-order valence-corrected chi connectivity index (χ2v) is 5.84. The molecule has 0 atom stereocenters. The van der Waals surface area contributed by atoms with Crippen molar-refractivity contribution in [2.45, 2.75) is 6.92 Å². The smallest absolute Gasteiger partial charge is 0.337 e. The normalized spacial score (nSPS) is 10.7. The van der Waals surface area contributed by atoms with Crippen molar-refractivity contribution in [1.29, 1.82) is 0 Å². The molecule has 0 unspecified atom stereocenters. The van der Waals surface area contributed by atoms with Gasteiger partial charge in [-0.05, 0) is 48.9 Å². The number of hydrogen-bond donors (Lipinski definition) is 2. The van der Waals surface area contributed by atoms with Gasteiger partial charge in [0.25, 0.3) is 0 Å². The van der Waals surface area contributed by atoms with Crippen molar-refractivity contribution >= 4 is 11.8 Å². The minimum Gasteiger partial charge on any atom is -0.497 e. The molecule has 5 nitrogen and oxygen atoms in total. The van der Waals surface area contributed by atoms with Crippen LogP contribution in [0, 0.1) is 18.6 Å². The number of ketones is 1. The number of aromatic amines is 1. The molecule has 0 saturated heterocycles. The van der Waals surface area contributed by atoms with E-state index >= 15 is 0 Å². The van der Waals surface area contributed by atoms with Gasteiger partial charge >= 0.3 is 5.97 Å². The average molecular weight is 371 g/mol. The Labute approximate surface area is 153 Å². The third-order valence-electron chi connectivity index (χ3n) is 4.29. The zero-order valence-electron chi connectivity index (χ0n) is 14.5. The van der Waals surface area contributed by atoms with Gasteiger partial charge in [0.1, 0.15) is 17.4 Å². The van der Waals surface area contributed by atoms with Crippen LogP contribution in [0.3, 0.4) is 0 Å². The number of carboxylic acid groups (broad SMARTS) is 1. The Kier molecular flexibility index (Phi) is 4.77. The highest BCUT2D eigenvalue weighted by Crippen LogP contribution is 2.35. The molecule has 3 aromatic rings. The highest BCUT2D eigenvalue weighted by Gasteiger charge is 2.27. The minimum absolute atomic E-state index is 0.0825. The van der Waals surface area contributed by atoms with Gasteiger partial charge in [0, 0.05) is 22.9 Å². The summed E-state index contributed by atoms with van der Waals surface area (Å²) in [5.74, 6) is -2.90. The standard InChI is InChI=1S/C20H15F2NO4/c1-10-14(21)7-8-15(22)16(10)17-13(20(25)26)9-23-18(17)19(24)11-3-5-12(27-2)6-4-11/h3-9,23H,1-2H3,(H,25,26). The number of aromatic carboxylic acids is 1. The Balaban J connectivity index is 2.23. The van der Waals surface area contributed by atoms with E-state index in [9.17, 15) is 23.5 Å². The first kappa shape index (κ1) is 18.3. The quantitative estimate of drug-likeness (QED) is 0.659. The molecular formula is C20H15F2NO4. The van der Waals surface area contributed by atoms with Crippen LogP contribution in [-0.4, -0.2) is 29.0 Å². The molecule has 1 aromatic heterocycles. The highest BCUT2D eigenvalue weighted by molar-refractivity contribution is 6.14. The molecule has 0 bridgehead atoms. The van der Waals surface area contributed by atoms with E-state index in [1.807, 2.05) is 0 Å². The molecule has 0 aliphatic rings. The first-order valence-electron chi connectivity index (χ1n) is 7.93. The summed E-state index contributed by atoms with van der Waals surface area (Å²) in [7, 11) is 1.48. The van der Waals surface area contributed by atoms with Gasteiger partial charge in [-0.2, -0.15) is 0 Å². The number of hydrogen-bond acceptors (Lipinski definition) is 3. The summed E-state index contributed by atoms with van der Waals surface area (Å²) in [6.45, 7) is 1.33. The van der Waals surface area contributed by atoms with Gasteiger partial charge in [-0.25, -0.2) is 13.6 Å². The Hall–Kier alpha value is -3.48. The second kappa shape index (κ2) is 7.03. The zero-order valence-corrected chi connectivity index (χ0v) is 14.5. The van der Waals surface area contributed by atoms with E-state index < -0.39 is 23.4 Å². The van der Waals surface area contributed by atoms with Crippen molar-refractivity contribution in [2.24, 2.45) is 0 Å². The number of carbonyl (C=O) groups excluding carboxylic acids is 1. The number of ether oxygens (including phenoxy) is 1. The van der Waals surface area contributed by atoms with Crippen molar-refractivity contribution < 1.29 is 28.2 Å². The molecular weight excluding hydrogens is 356 g/mol. The number of benzene rings is 2. The maximum absolute atomic E-state index is 14.5. The first-order chi connectivity index (χ1) is 12.8. The molecule has 3 rings (SSSR count). The zero-order chi connectivity index (χ0) is 19.7. The number of carbonyl (C=O) groups is 2. The van der Waals surface area contributed by atoms with Crippen LogP contribution >= 0.6 is 0 Å². The summed E-state index contributed by atoms with van der Waals surface area (Å²) in [5, 5.41) is 9.45. The van der Waals surface area contributed by atoms with Gasteiger partial charge in [0.2, 0.25) is 5.78 Å². The Bertz CT molecular complexity index is 1040. The van der Waals surface area contributed by atoms with E-state index in [-0.39, 0.29) is 33.5 Å². The topological polar surface area (TPSA) is 79.4 Å². The molecule has 0 amide bonds. The maximum atomic E-state index is 14.5. The Morgan fingerprint density at radius 1 is 1.00 bits per heavy atom. The number of halogens is 2. The number of methoxy groups -OCH3 is 1. The van der Waals surface area contributed by atoms with Crippen LogP contribution in [0.1, 0.15) is 32.0 Å². The summed E-state index contributed by atoms with van der Waals surface area (Å²) in [4.78, 5) is 27.1. The summed E-state index contributed by atoms with van der Waals surface area (Å²) < 4.78 is 33.5. The van der Waals surface area contributed by atoms with Crippen molar-refractivity contribution in [1.82, 2.24) is 4.98 Å². The van der Waals surface area contributed by atoms with Crippen LogP contribution in [0.15, 0.2) is 42.6 Å². The van der Waals surface area contributed by atoms with Gasteiger partial charge in [-0.3, -0.25) is 4.79 Å². The largest absolute Gasteiger partial charge is 0.497 e. The Morgan fingerprint density at radius 2 is 1.63 bits per heavy atom. The van der Waals surface area contributed by atoms with Gasteiger partial charge in [-0.1, -0.05) is 0 Å². The number of nitrogens with one attached hydrogen (secondary N) is 1. The molecule has 0 aliphatic carbocycles. The lowest BCUT2D eigenvalue weighted by molar-refractivity contribution is 0.0698. The number of aromatic nitrogens is 1. The van der Waals surface area contributed by atoms with Crippen LogP contribution in [0.25, 0.3) is 11.1 Å². The lowest BCUT2D eigenvalue weighted by Crippen LogP contribution is -2.07. The highest BCUT2D eigenvalue weighted by atomic mass is 19.1. The van der Waals surface area contributed by atoms with Crippen LogP contribution in [-0.2, 0) is 0 Å². The van der Waals surface area contributed by atoms with Gasteiger partial charge < -0.3 is 14.8 Å². The summed E-state index contributed by atoms with van der Waals surface area (Å²) in [5.41, 5.74) is -0.737. The number of H-pyrrole nitrogens is 1. The fourth-order valence-corrected chi connectivity index (χ4v) is 2.88. The fourth-order valence-electron chi connectivity index (χ4n) is 2.88. The summed E-state index contributed by atoms with van der Waals surface area (Å²) >= 11 is 0. The van der Waals surface area contributed by atoms with Crippen molar-refractivity contribution in [3.8, 4) is 16.9 Å². The third kappa shape index (κ3) is 3.19. The van der Waals surface area contributed by atoms with Crippen LogP contribution in [0.4, 0.5) is 8.78 Å². The monoisotopic (exact) mass is 371 g/mol. The third-order valence-corrected chi connectivity index (χ3v) is 4.29. The Morgan fingerprint density at radius 3 is 2.22 bits per heavy atom. The number of rotatable bonds is 5. The predicted octanol–water partition coefficient (Wildman–Crippen LogP) is 4.21. The molecule has 27 heavy (non-hydrogen) atoms. The molecule has 2 N–H and O–H groups in total. The lowest BCUT2D eigenvalue weighted by atomic mass is 9.93. The molecule has 0 radical (unpaired) electrons. The molecule has 0 saturated carbocycles. The first-order valence-corrected chi connectivity index (χ1v) is 7.93. The van der Waals surface area contributed by atoms with E-state index in [4.69, 9.17) is 4.74 Å². The van der Waals surface area contributed by atoms with Crippen LogP contribution < -0.4 is 4.74 Å². The molecule has 0 aliphatic heterocycles. The van der Waals surface area contributed by atoms with E-state index in [0.717, 1.165) is 18.3 Å². The summed E-state index contributed by atoms with van der Waals surface area (Å²) in [6, 6.07) is 8.00. The average Bonchev–Trinajstić information content (AvgIpc) is 3.09. The van der Waals surface area contributed by atoms with Crippen LogP contribution in [0.2, 0.25) is 0 Å². The fraction of sp³-hybridized carbons (Fsp3) is 0.100. The molecule has 0 spiro atoms. The maximum Gasteiger partial charge on any atom is 0.337 e. The van der Waals surface area contributed by atoms with Gasteiger partial charge in [-0.15, -0.1) is 0 Å². The molecule has 2 aromatic carbocycles. The van der Waals surface area contributed by atoms with Crippen molar-refractivity contribution in [3.05, 3.63) is 76.6 Å². The van der Waals surface area contributed by atoms with Crippen molar-refractivity contribution in [2.75, 3.05) is 7.11 Å². The van der Waals surface area contributed by atoms with E-state index in [1.165, 1.54) is 26.2 Å².